The van der Waals surface area contributed by atoms with Gasteiger partial charge in [-0.3, -0.25) is 14.6 Å². The summed E-state index contributed by atoms with van der Waals surface area (Å²) >= 11 is 0. The summed E-state index contributed by atoms with van der Waals surface area (Å²) < 4.78 is 28.5. The Morgan fingerprint density at radius 3 is 2.79 bits per heavy atom. The van der Waals surface area contributed by atoms with Gasteiger partial charge in [0.2, 0.25) is 9.84 Å². The highest BCUT2D eigenvalue weighted by Crippen LogP contribution is 2.33. The number of fused-ring (bicyclic) bond motifs is 1. The highest BCUT2D eigenvalue weighted by atomic mass is 32.2. The molecule has 9 nitrogen and oxygen atoms in total. The van der Waals surface area contributed by atoms with Gasteiger partial charge in [0.1, 0.15) is 0 Å². The molecular weight excluding hydrogens is 380 g/mol. The summed E-state index contributed by atoms with van der Waals surface area (Å²) in [6, 6.07) is 8.14. The van der Waals surface area contributed by atoms with Gasteiger partial charge in [-0.1, -0.05) is 0 Å². The van der Waals surface area contributed by atoms with Crippen molar-refractivity contribution in [3.05, 3.63) is 65.0 Å². The van der Waals surface area contributed by atoms with E-state index >= 15 is 0 Å². The lowest BCUT2D eigenvalue weighted by atomic mass is 10.2. The molecule has 28 heavy (non-hydrogen) atoms. The van der Waals surface area contributed by atoms with Crippen LogP contribution < -0.4 is 5.56 Å². The van der Waals surface area contributed by atoms with Crippen LogP contribution in [-0.4, -0.2) is 38.2 Å². The van der Waals surface area contributed by atoms with E-state index in [-0.39, 0.29) is 22.0 Å². The van der Waals surface area contributed by atoms with Gasteiger partial charge in [0.15, 0.2) is 5.03 Å². The van der Waals surface area contributed by atoms with E-state index in [9.17, 15) is 13.2 Å². The zero-order chi connectivity index (χ0) is 19.3. The van der Waals surface area contributed by atoms with Crippen LogP contribution in [0.15, 0.2) is 63.6 Å². The SMILES string of the molecule is O=c1c2ccc(S(=O)(=O)c3ccn[nH]3)cc2cnn1Cc1ccn(C2CC2)n1. The number of hydrogen-bond donors (Lipinski definition) is 1. The molecule has 142 valence electrons. The fourth-order valence-electron chi connectivity index (χ4n) is 3.12. The van der Waals surface area contributed by atoms with E-state index in [0.717, 1.165) is 18.5 Å². The minimum atomic E-state index is -3.73. The standard InChI is InChI=1S/C18H16N6O3S/c25-18-16-4-3-15(28(26,27)17-5-7-19-21-17)9-12(16)10-20-24(18)11-13-6-8-23(22-13)14-1-2-14/h3-10,14H,1-2,11H2,(H,19,21). The van der Waals surface area contributed by atoms with E-state index in [2.05, 4.69) is 20.4 Å². The molecule has 1 aromatic carbocycles. The van der Waals surface area contributed by atoms with Crippen LogP contribution in [0.5, 0.6) is 0 Å². The molecular formula is C18H16N6O3S. The number of aromatic nitrogens is 6. The predicted octanol–water partition coefficient (Wildman–Crippen LogP) is 1.53. The van der Waals surface area contributed by atoms with Crippen molar-refractivity contribution in [3.8, 4) is 0 Å². The molecule has 1 aliphatic rings. The number of H-pyrrole nitrogens is 1. The number of benzene rings is 1. The molecule has 0 unspecified atom stereocenters. The molecule has 5 rings (SSSR count). The average Bonchev–Trinajstić information content (AvgIpc) is 3.18. The van der Waals surface area contributed by atoms with Crippen LogP contribution in [0.3, 0.4) is 0 Å². The van der Waals surface area contributed by atoms with E-state index < -0.39 is 9.84 Å². The molecule has 0 aliphatic heterocycles. The summed E-state index contributed by atoms with van der Waals surface area (Å²) in [5.74, 6) is 0. The van der Waals surface area contributed by atoms with Gasteiger partial charge in [0.25, 0.3) is 5.56 Å². The number of sulfone groups is 1. The van der Waals surface area contributed by atoms with Gasteiger partial charge in [-0.25, -0.2) is 13.1 Å². The van der Waals surface area contributed by atoms with Gasteiger partial charge >= 0.3 is 0 Å². The first-order valence-electron chi connectivity index (χ1n) is 8.81. The lowest BCUT2D eigenvalue weighted by molar-refractivity contribution is 0.591. The lowest BCUT2D eigenvalue weighted by Gasteiger charge is -2.07. The number of rotatable bonds is 5. The summed E-state index contributed by atoms with van der Waals surface area (Å²) in [5, 5.41) is 15.7. The fraction of sp³-hybridized carbons (Fsp3) is 0.222. The maximum Gasteiger partial charge on any atom is 0.274 e. The fourth-order valence-corrected chi connectivity index (χ4v) is 4.32. The predicted molar refractivity (Wildman–Crippen MR) is 99.6 cm³/mol. The first-order valence-corrected chi connectivity index (χ1v) is 10.3. The Balaban J connectivity index is 1.50. The van der Waals surface area contributed by atoms with Gasteiger partial charge in [-0.2, -0.15) is 15.3 Å². The molecule has 0 bridgehead atoms. The third-order valence-electron chi connectivity index (χ3n) is 4.80. The molecule has 0 atom stereocenters. The first kappa shape index (κ1) is 16.9. The Bertz CT molecular complexity index is 1330. The lowest BCUT2D eigenvalue weighted by Crippen LogP contribution is -2.23. The molecule has 0 saturated heterocycles. The van der Waals surface area contributed by atoms with Gasteiger partial charge in [0.05, 0.1) is 41.0 Å². The van der Waals surface area contributed by atoms with Crippen LogP contribution in [0.1, 0.15) is 24.6 Å². The van der Waals surface area contributed by atoms with Crippen LogP contribution in [0.2, 0.25) is 0 Å². The third-order valence-corrected chi connectivity index (χ3v) is 6.48. The van der Waals surface area contributed by atoms with E-state index in [0.29, 0.717) is 16.8 Å². The summed E-state index contributed by atoms with van der Waals surface area (Å²) in [6.45, 7) is 0.267. The molecule has 1 aliphatic carbocycles. The smallest absolute Gasteiger partial charge is 0.269 e. The molecule has 1 fully saturated rings. The maximum atomic E-state index is 12.8. The number of hydrogen-bond acceptors (Lipinski definition) is 6. The van der Waals surface area contributed by atoms with E-state index in [1.54, 1.807) is 0 Å². The molecule has 1 saturated carbocycles. The summed E-state index contributed by atoms with van der Waals surface area (Å²) in [5.41, 5.74) is 0.475. The first-order chi connectivity index (χ1) is 13.5. The van der Waals surface area contributed by atoms with E-state index in [1.165, 1.54) is 41.3 Å². The Morgan fingerprint density at radius 1 is 1.18 bits per heavy atom. The highest BCUT2D eigenvalue weighted by molar-refractivity contribution is 7.91. The Hall–Kier alpha value is -3.27. The normalized spacial score (nSPS) is 14.6. The quantitative estimate of drug-likeness (QED) is 0.547. The van der Waals surface area contributed by atoms with Crippen molar-refractivity contribution >= 4 is 20.6 Å². The Labute approximate surface area is 159 Å². The Kier molecular flexibility index (Phi) is 3.69. The minimum absolute atomic E-state index is 0.000555. The van der Waals surface area contributed by atoms with Crippen molar-refractivity contribution in [3.63, 3.8) is 0 Å². The van der Waals surface area contributed by atoms with Gasteiger partial charge < -0.3 is 0 Å². The zero-order valence-corrected chi connectivity index (χ0v) is 15.5. The third kappa shape index (κ3) is 2.82. The van der Waals surface area contributed by atoms with Crippen molar-refractivity contribution in [2.24, 2.45) is 0 Å². The van der Waals surface area contributed by atoms with Crippen LogP contribution in [0.25, 0.3) is 10.8 Å². The second kappa shape index (κ2) is 6.13. The van der Waals surface area contributed by atoms with Crippen molar-refractivity contribution in [1.82, 2.24) is 29.8 Å². The van der Waals surface area contributed by atoms with Crippen molar-refractivity contribution in [1.29, 1.82) is 0 Å². The number of nitrogens with zero attached hydrogens (tertiary/aromatic N) is 5. The second-order valence-electron chi connectivity index (χ2n) is 6.80. The number of aromatic amines is 1. The molecule has 0 spiro atoms. The van der Waals surface area contributed by atoms with Crippen LogP contribution in [-0.2, 0) is 16.4 Å². The molecule has 10 heteroatoms. The molecule has 0 radical (unpaired) electrons. The van der Waals surface area contributed by atoms with Gasteiger partial charge in [0, 0.05) is 11.6 Å². The summed E-state index contributed by atoms with van der Waals surface area (Å²) in [7, 11) is -3.73. The average molecular weight is 396 g/mol. The topological polar surface area (TPSA) is 116 Å². The summed E-state index contributed by atoms with van der Waals surface area (Å²) in [4.78, 5) is 12.9. The zero-order valence-electron chi connectivity index (χ0n) is 14.7. The Morgan fingerprint density at radius 2 is 2.04 bits per heavy atom. The number of nitrogens with one attached hydrogen (secondary N) is 1. The highest BCUT2D eigenvalue weighted by Gasteiger charge is 2.24. The van der Waals surface area contributed by atoms with Gasteiger partial charge in [-0.05, 0) is 43.2 Å². The van der Waals surface area contributed by atoms with Crippen LogP contribution >= 0.6 is 0 Å². The molecule has 4 aromatic rings. The molecule has 3 aromatic heterocycles. The maximum absolute atomic E-state index is 12.8. The van der Waals surface area contributed by atoms with Crippen molar-refractivity contribution < 1.29 is 8.42 Å². The monoisotopic (exact) mass is 396 g/mol. The largest absolute Gasteiger partial charge is 0.274 e. The molecule has 3 heterocycles. The minimum Gasteiger partial charge on any atom is -0.269 e. The van der Waals surface area contributed by atoms with Crippen molar-refractivity contribution in [2.75, 3.05) is 0 Å². The second-order valence-corrected chi connectivity index (χ2v) is 8.72. The van der Waals surface area contributed by atoms with E-state index in [4.69, 9.17) is 0 Å². The van der Waals surface area contributed by atoms with Crippen LogP contribution in [0.4, 0.5) is 0 Å². The van der Waals surface area contributed by atoms with E-state index in [1.807, 2.05) is 16.9 Å². The van der Waals surface area contributed by atoms with Gasteiger partial charge in [-0.15, -0.1) is 0 Å². The molecule has 1 N–H and O–H groups in total. The van der Waals surface area contributed by atoms with Crippen LogP contribution in [0, 0.1) is 0 Å². The summed E-state index contributed by atoms with van der Waals surface area (Å²) in [6.07, 6.45) is 7.07. The molecule has 0 amide bonds. The van der Waals surface area contributed by atoms with Crippen molar-refractivity contribution in [2.45, 2.75) is 35.3 Å².